The van der Waals surface area contributed by atoms with Crippen LogP contribution in [0.25, 0.3) is 0 Å². The summed E-state index contributed by atoms with van der Waals surface area (Å²) in [7, 11) is 0. The molecule has 0 saturated heterocycles. The van der Waals surface area contributed by atoms with Crippen molar-refractivity contribution in [3.63, 3.8) is 0 Å². The third-order valence-corrected chi connectivity index (χ3v) is 2.32. The molecule has 4 nitrogen and oxygen atoms in total. The number of hydrogen-bond donors (Lipinski definition) is 1. The summed E-state index contributed by atoms with van der Waals surface area (Å²) in [5.41, 5.74) is 1.04. The van der Waals surface area contributed by atoms with Crippen LogP contribution in [0.15, 0.2) is 12.4 Å². The molecule has 0 fully saturated rings. The van der Waals surface area contributed by atoms with Crippen LogP contribution in [0.4, 0.5) is 8.78 Å². The highest BCUT2D eigenvalue weighted by Gasteiger charge is 2.13. The second kappa shape index (κ2) is 6.80. The molecule has 1 aromatic rings. The van der Waals surface area contributed by atoms with Crippen molar-refractivity contribution in [2.24, 2.45) is 0 Å². The second-order valence-electron chi connectivity index (χ2n) is 5.11. The number of ether oxygens (including phenoxy) is 1. The minimum absolute atomic E-state index is 0.0291. The van der Waals surface area contributed by atoms with Crippen LogP contribution < -0.4 is 5.32 Å². The van der Waals surface area contributed by atoms with Crippen molar-refractivity contribution in [1.29, 1.82) is 0 Å². The Labute approximate surface area is 106 Å². The molecule has 0 unspecified atom stereocenters. The maximum atomic E-state index is 11.8. The van der Waals surface area contributed by atoms with Gasteiger partial charge in [0.2, 0.25) is 0 Å². The number of halogens is 2. The quantitative estimate of drug-likeness (QED) is 0.763. The summed E-state index contributed by atoms with van der Waals surface area (Å²) in [5.74, 6) is 0. The lowest BCUT2D eigenvalue weighted by molar-refractivity contribution is 0.0187. The predicted molar refractivity (Wildman–Crippen MR) is 65.8 cm³/mol. The summed E-state index contributed by atoms with van der Waals surface area (Å²) < 4.78 is 30.2. The van der Waals surface area contributed by atoms with Gasteiger partial charge < -0.3 is 10.1 Å². The van der Waals surface area contributed by atoms with Gasteiger partial charge in [-0.05, 0) is 20.8 Å². The Balaban J connectivity index is 2.18. The molecule has 1 N–H and O–H groups in total. The smallest absolute Gasteiger partial charge is 0.261 e. The number of hydrogen-bond acceptors (Lipinski definition) is 3. The Morgan fingerprint density at radius 2 is 2.17 bits per heavy atom. The molecule has 0 spiro atoms. The highest BCUT2D eigenvalue weighted by Crippen LogP contribution is 2.12. The van der Waals surface area contributed by atoms with Gasteiger partial charge in [0.1, 0.15) is 6.61 Å². The normalized spacial score (nSPS) is 12.3. The molecule has 1 aromatic heterocycles. The Morgan fingerprint density at radius 3 is 2.72 bits per heavy atom. The number of nitrogens with one attached hydrogen (secondary N) is 1. The van der Waals surface area contributed by atoms with Crippen LogP contribution in [-0.4, -0.2) is 36.0 Å². The van der Waals surface area contributed by atoms with Gasteiger partial charge in [0.15, 0.2) is 0 Å². The minimum Gasteiger partial charge on any atom is -0.374 e. The lowest BCUT2D eigenvalue weighted by Crippen LogP contribution is -2.22. The molecule has 0 aliphatic heterocycles. The van der Waals surface area contributed by atoms with E-state index in [1.165, 1.54) is 0 Å². The summed E-state index contributed by atoms with van der Waals surface area (Å²) in [6.07, 6.45) is 1.39. The van der Waals surface area contributed by atoms with Crippen LogP contribution in [0.2, 0.25) is 0 Å². The molecule has 0 aliphatic carbocycles. The van der Waals surface area contributed by atoms with Crippen molar-refractivity contribution in [2.45, 2.75) is 39.3 Å². The number of alkyl halides is 2. The molecule has 0 bridgehead atoms. The summed E-state index contributed by atoms with van der Waals surface area (Å²) in [4.78, 5) is 0. The highest BCUT2D eigenvalue weighted by atomic mass is 19.3. The average Bonchev–Trinajstić information content (AvgIpc) is 2.71. The van der Waals surface area contributed by atoms with E-state index >= 15 is 0 Å². The summed E-state index contributed by atoms with van der Waals surface area (Å²) in [5, 5.41) is 7.39. The van der Waals surface area contributed by atoms with Crippen molar-refractivity contribution >= 4 is 0 Å². The van der Waals surface area contributed by atoms with Crippen molar-refractivity contribution in [2.75, 3.05) is 19.8 Å². The van der Waals surface area contributed by atoms with Crippen LogP contribution >= 0.6 is 0 Å². The van der Waals surface area contributed by atoms with Gasteiger partial charge >= 0.3 is 0 Å². The molecule has 1 rings (SSSR count). The van der Waals surface area contributed by atoms with E-state index in [4.69, 9.17) is 4.74 Å². The predicted octanol–water partition coefficient (Wildman–Crippen LogP) is 2.01. The summed E-state index contributed by atoms with van der Waals surface area (Å²) in [6, 6.07) is 0. The van der Waals surface area contributed by atoms with Crippen molar-refractivity contribution in [3.05, 3.63) is 18.0 Å². The fourth-order valence-corrected chi connectivity index (χ4v) is 1.37. The first kappa shape index (κ1) is 15.0. The fourth-order valence-electron chi connectivity index (χ4n) is 1.37. The van der Waals surface area contributed by atoms with Gasteiger partial charge in [0, 0.05) is 24.8 Å². The number of rotatable bonds is 7. The van der Waals surface area contributed by atoms with Gasteiger partial charge in [-0.2, -0.15) is 5.10 Å². The van der Waals surface area contributed by atoms with Crippen LogP contribution in [0.1, 0.15) is 26.3 Å². The first-order valence-corrected chi connectivity index (χ1v) is 6.00. The Bertz CT molecular complexity index is 347. The molecular weight excluding hydrogens is 240 g/mol. The zero-order valence-corrected chi connectivity index (χ0v) is 11.1. The Morgan fingerprint density at radius 1 is 1.44 bits per heavy atom. The lowest BCUT2D eigenvalue weighted by atomic mass is 10.1. The van der Waals surface area contributed by atoms with Gasteiger partial charge in [-0.3, -0.25) is 4.68 Å². The van der Waals surface area contributed by atoms with Crippen molar-refractivity contribution in [1.82, 2.24) is 15.1 Å². The molecule has 18 heavy (non-hydrogen) atoms. The molecule has 0 atom stereocenters. The van der Waals surface area contributed by atoms with E-state index in [0.717, 1.165) is 5.56 Å². The highest BCUT2D eigenvalue weighted by molar-refractivity contribution is 5.04. The number of aromatic nitrogens is 2. The van der Waals surface area contributed by atoms with E-state index in [9.17, 15) is 8.78 Å². The van der Waals surface area contributed by atoms with Crippen molar-refractivity contribution in [3.8, 4) is 0 Å². The molecule has 0 amide bonds. The van der Waals surface area contributed by atoms with E-state index in [-0.39, 0.29) is 12.1 Å². The number of nitrogens with zero attached hydrogens (tertiary/aromatic N) is 2. The average molecular weight is 261 g/mol. The topological polar surface area (TPSA) is 39.1 Å². The van der Waals surface area contributed by atoms with Gasteiger partial charge in [-0.25, -0.2) is 8.78 Å². The maximum Gasteiger partial charge on any atom is 0.261 e. The monoisotopic (exact) mass is 261 g/mol. The first-order chi connectivity index (χ1) is 8.39. The Hall–Kier alpha value is -1.01. The molecule has 1 heterocycles. The fraction of sp³-hybridized carbons (Fsp3) is 0.750. The molecule has 0 radical (unpaired) electrons. The van der Waals surface area contributed by atoms with Crippen LogP contribution in [0.5, 0.6) is 0 Å². The zero-order chi connectivity index (χ0) is 13.6. The van der Waals surface area contributed by atoms with E-state index in [0.29, 0.717) is 13.1 Å². The first-order valence-electron chi connectivity index (χ1n) is 6.00. The molecular formula is C12H21F2N3O. The largest absolute Gasteiger partial charge is 0.374 e. The van der Waals surface area contributed by atoms with E-state index in [2.05, 4.69) is 31.2 Å². The molecule has 0 aliphatic rings. The maximum absolute atomic E-state index is 11.8. The zero-order valence-electron chi connectivity index (χ0n) is 11.1. The van der Waals surface area contributed by atoms with Gasteiger partial charge in [-0.15, -0.1) is 0 Å². The summed E-state index contributed by atoms with van der Waals surface area (Å²) in [6.45, 7) is 7.24. The van der Waals surface area contributed by atoms with Gasteiger partial charge in [0.25, 0.3) is 6.43 Å². The third-order valence-electron chi connectivity index (χ3n) is 2.32. The third kappa shape index (κ3) is 5.55. The van der Waals surface area contributed by atoms with E-state index < -0.39 is 13.0 Å². The van der Waals surface area contributed by atoms with Crippen LogP contribution in [0, 0.1) is 0 Å². The molecule has 0 aromatic carbocycles. The second-order valence-corrected chi connectivity index (χ2v) is 5.11. The SMILES string of the molecule is CC(C)(C)n1cc(CNCCOCC(F)F)cn1. The summed E-state index contributed by atoms with van der Waals surface area (Å²) >= 11 is 0. The molecule has 0 saturated carbocycles. The Kier molecular flexibility index (Phi) is 5.68. The molecule has 104 valence electrons. The van der Waals surface area contributed by atoms with Crippen LogP contribution in [0.3, 0.4) is 0 Å². The standard InChI is InChI=1S/C12H21F2N3O/c1-12(2,3)17-8-10(7-16-17)6-15-4-5-18-9-11(13)14/h7-8,11,15H,4-6,9H2,1-3H3. The van der Waals surface area contributed by atoms with E-state index in [1.54, 1.807) is 6.20 Å². The van der Waals surface area contributed by atoms with Gasteiger partial charge in [-0.1, -0.05) is 0 Å². The van der Waals surface area contributed by atoms with Gasteiger partial charge in [0.05, 0.1) is 18.3 Å². The van der Waals surface area contributed by atoms with Crippen molar-refractivity contribution < 1.29 is 13.5 Å². The lowest BCUT2D eigenvalue weighted by Gasteiger charge is -2.18. The van der Waals surface area contributed by atoms with E-state index in [1.807, 2.05) is 10.9 Å². The van der Waals surface area contributed by atoms with Crippen LogP contribution in [-0.2, 0) is 16.8 Å². The molecule has 6 heteroatoms. The minimum atomic E-state index is -2.39.